The lowest BCUT2D eigenvalue weighted by atomic mass is 10.1. The van der Waals surface area contributed by atoms with Gasteiger partial charge in [-0.05, 0) is 29.7 Å². The van der Waals surface area contributed by atoms with Crippen molar-refractivity contribution in [2.45, 2.75) is 51.0 Å². The highest BCUT2D eigenvalue weighted by atomic mass is 16.6. The van der Waals surface area contributed by atoms with Crippen LogP contribution in [0.1, 0.15) is 39.9 Å². The standard InChI is InChI=1S/C23H28N2O7/c1-31-21(28)10-9-18(22(24)29)25-12-17-16(23(25)30)3-2-4-19(17)32-13-15-7-5-14(6-8-15)11-20(26)27/h2-8,18,21-22,28-29H,9-13,24H2,1H3,(H,26,27). The van der Waals surface area contributed by atoms with E-state index < -0.39 is 24.5 Å². The topological polar surface area (TPSA) is 143 Å². The van der Waals surface area contributed by atoms with Crippen molar-refractivity contribution in [2.75, 3.05) is 7.11 Å². The highest BCUT2D eigenvalue weighted by Gasteiger charge is 2.36. The minimum Gasteiger partial charge on any atom is -0.489 e. The third kappa shape index (κ3) is 5.63. The van der Waals surface area contributed by atoms with Crippen molar-refractivity contribution in [3.63, 3.8) is 0 Å². The minimum absolute atomic E-state index is 0.0408. The van der Waals surface area contributed by atoms with Crippen molar-refractivity contribution in [2.24, 2.45) is 5.73 Å². The number of carbonyl (C=O) groups is 2. The fourth-order valence-corrected chi connectivity index (χ4v) is 3.76. The zero-order valence-electron chi connectivity index (χ0n) is 17.8. The van der Waals surface area contributed by atoms with Gasteiger partial charge in [0.15, 0.2) is 6.29 Å². The van der Waals surface area contributed by atoms with Gasteiger partial charge in [0.2, 0.25) is 0 Å². The number of nitrogens with zero attached hydrogens (tertiary/aromatic N) is 1. The molecule has 1 aliphatic rings. The van der Waals surface area contributed by atoms with E-state index in [2.05, 4.69) is 0 Å². The molecule has 0 spiro atoms. The number of aliphatic carboxylic acids is 1. The van der Waals surface area contributed by atoms with Gasteiger partial charge in [0, 0.05) is 24.7 Å². The number of benzene rings is 2. The first-order valence-corrected chi connectivity index (χ1v) is 10.3. The fourth-order valence-electron chi connectivity index (χ4n) is 3.76. The smallest absolute Gasteiger partial charge is 0.307 e. The van der Waals surface area contributed by atoms with Crippen LogP contribution in [0.2, 0.25) is 0 Å². The van der Waals surface area contributed by atoms with Crippen LogP contribution in [0.4, 0.5) is 0 Å². The second-order valence-corrected chi connectivity index (χ2v) is 7.72. The number of rotatable bonds is 11. The molecule has 3 atom stereocenters. The van der Waals surface area contributed by atoms with Crippen LogP contribution in [0.3, 0.4) is 0 Å². The van der Waals surface area contributed by atoms with Gasteiger partial charge >= 0.3 is 5.97 Å². The quantitative estimate of drug-likeness (QED) is 0.379. The van der Waals surface area contributed by atoms with Crippen LogP contribution in [0.15, 0.2) is 42.5 Å². The van der Waals surface area contributed by atoms with E-state index in [-0.39, 0.29) is 38.3 Å². The summed E-state index contributed by atoms with van der Waals surface area (Å²) in [4.78, 5) is 25.3. The summed E-state index contributed by atoms with van der Waals surface area (Å²) in [5, 5.41) is 28.6. The number of aliphatic hydroxyl groups is 2. The van der Waals surface area contributed by atoms with Gasteiger partial charge in [-0.25, -0.2) is 0 Å². The molecule has 1 aliphatic heterocycles. The second kappa shape index (κ2) is 10.6. The lowest BCUT2D eigenvalue weighted by molar-refractivity contribution is -0.136. The van der Waals surface area contributed by atoms with E-state index in [1.807, 2.05) is 0 Å². The van der Waals surface area contributed by atoms with E-state index in [0.29, 0.717) is 22.4 Å². The molecular weight excluding hydrogens is 416 g/mol. The molecule has 0 aromatic heterocycles. The van der Waals surface area contributed by atoms with Crippen LogP contribution in [-0.2, 0) is 29.1 Å². The molecule has 3 unspecified atom stereocenters. The van der Waals surface area contributed by atoms with Gasteiger partial charge in [-0.2, -0.15) is 0 Å². The van der Waals surface area contributed by atoms with Crippen molar-refractivity contribution in [1.29, 1.82) is 0 Å². The number of fused-ring (bicyclic) bond motifs is 1. The number of carbonyl (C=O) groups excluding carboxylic acids is 1. The maximum absolute atomic E-state index is 13.0. The first kappa shape index (κ1) is 23.7. The monoisotopic (exact) mass is 444 g/mol. The van der Waals surface area contributed by atoms with Gasteiger partial charge in [-0.15, -0.1) is 0 Å². The fraction of sp³-hybridized carbons (Fsp3) is 0.391. The summed E-state index contributed by atoms with van der Waals surface area (Å²) in [6.45, 7) is 0.477. The number of nitrogens with two attached hydrogens (primary N) is 1. The SMILES string of the molecule is COC(O)CCC(C(N)O)N1Cc2c(OCc3ccc(CC(=O)O)cc3)cccc2C1=O. The number of methoxy groups -OCH3 is 1. The Morgan fingerprint density at radius 1 is 1.12 bits per heavy atom. The molecule has 0 aliphatic carbocycles. The number of carboxylic acids is 1. The van der Waals surface area contributed by atoms with Crippen LogP contribution in [0.5, 0.6) is 5.75 Å². The molecule has 32 heavy (non-hydrogen) atoms. The van der Waals surface area contributed by atoms with E-state index in [1.165, 1.54) is 12.0 Å². The van der Waals surface area contributed by atoms with E-state index in [0.717, 1.165) is 5.56 Å². The average Bonchev–Trinajstić information content (AvgIpc) is 3.09. The molecule has 5 N–H and O–H groups in total. The molecule has 0 saturated heterocycles. The van der Waals surface area contributed by atoms with Crippen molar-refractivity contribution >= 4 is 11.9 Å². The largest absolute Gasteiger partial charge is 0.489 e. The Labute approximate surface area is 186 Å². The molecule has 1 heterocycles. The van der Waals surface area contributed by atoms with Crippen molar-refractivity contribution in [3.8, 4) is 5.75 Å². The zero-order chi connectivity index (χ0) is 23.3. The van der Waals surface area contributed by atoms with Crippen molar-refractivity contribution in [3.05, 3.63) is 64.7 Å². The van der Waals surface area contributed by atoms with Crippen molar-refractivity contribution in [1.82, 2.24) is 4.90 Å². The molecule has 0 radical (unpaired) electrons. The number of ether oxygens (including phenoxy) is 2. The minimum atomic E-state index is -1.27. The summed E-state index contributed by atoms with van der Waals surface area (Å²) in [6.07, 6.45) is -1.83. The first-order valence-electron chi connectivity index (χ1n) is 10.3. The van der Waals surface area contributed by atoms with Crippen LogP contribution in [0, 0.1) is 0 Å². The molecule has 2 aromatic rings. The Morgan fingerprint density at radius 2 is 1.81 bits per heavy atom. The summed E-state index contributed by atoms with van der Waals surface area (Å²) < 4.78 is 10.8. The van der Waals surface area contributed by atoms with Gasteiger partial charge < -0.3 is 35.4 Å². The van der Waals surface area contributed by atoms with Crippen LogP contribution in [-0.4, -0.2) is 57.8 Å². The normalized spacial score (nSPS) is 15.9. The molecule has 172 valence electrons. The second-order valence-electron chi connectivity index (χ2n) is 7.72. The predicted octanol–water partition coefficient (Wildman–Crippen LogP) is 1.24. The van der Waals surface area contributed by atoms with E-state index >= 15 is 0 Å². The summed E-state index contributed by atoms with van der Waals surface area (Å²) in [6, 6.07) is 11.6. The van der Waals surface area contributed by atoms with Gasteiger partial charge in [0.1, 0.15) is 18.6 Å². The summed E-state index contributed by atoms with van der Waals surface area (Å²) >= 11 is 0. The highest BCUT2D eigenvalue weighted by molar-refractivity contribution is 5.99. The highest BCUT2D eigenvalue weighted by Crippen LogP contribution is 2.33. The van der Waals surface area contributed by atoms with Crippen LogP contribution >= 0.6 is 0 Å². The molecule has 0 saturated carbocycles. The summed E-state index contributed by atoms with van der Waals surface area (Å²) in [5.41, 5.74) is 8.48. The van der Waals surface area contributed by atoms with Crippen LogP contribution in [0.25, 0.3) is 0 Å². The van der Waals surface area contributed by atoms with E-state index in [1.54, 1.807) is 42.5 Å². The van der Waals surface area contributed by atoms with Gasteiger partial charge in [-0.3, -0.25) is 9.59 Å². The number of hydrogen-bond acceptors (Lipinski definition) is 7. The number of aliphatic hydroxyl groups excluding tert-OH is 2. The number of hydrogen-bond donors (Lipinski definition) is 4. The Bertz CT molecular complexity index is 946. The zero-order valence-corrected chi connectivity index (χ0v) is 17.8. The summed E-state index contributed by atoms with van der Waals surface area (Å²) in [5.74, 6) is -0.597. The van der Waals surface area contributed by atoms with Gasteiger partial charge in [0.25, 0.3) is 5.91 Å². The molecule has 1 amide bonds. The van der Waals surface area contributed by atoms with Gasteiger partial charge in [-0.1, -0.05) is 30.3 Å². The maximum atomic E-state index is 13.0. The Kier molecular flexibility index (Phi) is 7.81. The van der Waals surface area contributed by atoms with Crippen molar-refractivity contribution < 1.29 is 34.4 Å². The lowest BCUT2D eigenvalue weighted by Crippen LogP contribution is -2.48. The summed E-state index contributed by atoms with van der Waals surface area (Å²) in [7, 11) is 1.37. The van der Waals surface area contributed by atoms with E-state index in [4.69, 9.17) is 20.3 Å². The third-order valence-electron chi connectivity index (χ3n) is 5.50. The molecule has 9 heteroatoms. The molecule has 3 rings (SSSR count). The molecule has 0 fully saturated rings. The first-order chi connectivity index (χ1) is 15.3. The van der Waals surface area contributed by atoms with Crippen LogP contribution < -0.4 is 10.5 Å². The number of carboxylic acid groups (broad SMARTS) is 1. The Hall–Kier alpha value is -2.98. The number of amides is 1. The molecule has 0 bridgehead atoms. The van der Waals surface area contributed by atoms with Gasteiger partial charge in [0.05, 0.1) is 19.0 Å². The Morgan fingerprint density at radius 3 is 2.44 bits per heavy atom. The lowest BCUT2D eigenvalue weighted by Gasteiger charge is -2.30. The molecular formula is C23H28N2O7. The molecule has 9 nitrogen and oxygen atoms in total. The molecule has 2 aromatic carbocycles. The average molecular weight is 444 g/mol. The maximum Gasteiger partial charge on any atom is 0.307 e. The third-order valence-corrected chi connectivity index (χ3v) is 5.50. The van der Waals surface area contributed by atoms with E-state index in [9.17, 15) is 19.8 Å². The predicted molar refractivity (Wildman–Crippen MR) is 115 cm³/mol. The Balaban J connectivity index is 1.71.